The van der Waals surface area contributed by atoms with Crippen molar-refractivity contribution in [3.8, 4) is 0 Å². The lowest BCUT2D eigenvalue weighted by Crippen LogP contribution is -2.31. The summed E-state index contributed by atoms with van der Waals surface area (Å²) in [6.45, 7) is 8.12. The molecule has 0 aromatic rings. The molecule has 0 fully saturated rings. The molecule has 0 aliphatic rings. The van der Waals surface area contributed by atoms with Crippen LogP contribution in [0.1, 0.15) is 27.2 Å². The van der Waals surface area contributed by atoms with Crippen LogP contribution < -0.4 is 5.32 Å². The van der Waals surface area contributed by atoms with E-state index in [1.807, 2.05) is 0 Å². The SMILES string of the molecule is COC(=O)C(Br)CNCCC(C)(C)C. The number of halogens is 1. The van der Waals surface area contributed by atoms with Crippen LogP contribution in [0.4, 0.5) is 0 Å². The van der Waals surface area contributed by atoms with Crippen molar-refractivity contribution in [2.45, 2.75) is 32.0 Å². The number of carbonyl (C=O) groups excluding carboxylic acids is 1. The molecule has 3 nitrogen and oxygen atoms in total. The third-order valence-corrected chi connectivity index (χ3v) is 2.53. The fourth-order valence-electron chi connectivity index (χ4n) is 0.903. The molecule has 0 aromatic heterocycles. The van der Waals surface area contributed by atoms with E-state index in [1.54, 1.807) is 0 Å². The largest absolute Gasteiger partial charge is 0.468 e. The Kier molecular flexibility index (Phi) is 6.36. The van der Waals surface area contributed by atoms with Gasteiger partial charge in [-0.25, -0.2) is 0 Å². The predicted molar refractivity (Wildman–Crippen MR) is 61.7 cm³/mol. The summed E-state index contributed by atoms with van der Waals surface area (Å²) in [7, 11) is 1.39. The maximum Gasteiger partial charge on any atom is 0.320 e. The third-order valence-electron chi connectivity index (χ3n) is 1.83. The first-order valence-electron chi connectivity index (χ1n) is 4.79. The number of hydrogen-bond acceptors (Lipinski definition) is 3. The number of methoxy groups -OCH3 is 1. The van der Waals surface area contributed by atoms with Gasteiger partial charge in [0.05, 0.1) is 7.11 Å². The highest BCUT2D eigenvalue weighted by molar-refractivity contribution is 9.10. The van der Waals surface area contributed by atoms with Crippen LogP contribution in [0.2, 0.25) is 0 Å². The van der Waals surface area contributed by atoms with Gasteiger partial charge in [-0.15, -0.1) is 0 Å². The molecule has 0 heterocycles. The summed E-state index contributed by atoms with van der Waals surface area (Å²) in [5, 5.41) is 3.21. The minimum absolute atomic E-state index is 0.228. The fraction of sp³-hybridized carbons (Fsp3) is 0.900. The summed E-state index contributed by atoms with van der Waals surface area (Å²) in [6.07, 6.45) is 1.09. The van der Waals surface area contributed by atoms with Crippen molar-refractivity contribution in [3.05, 3.63) is 0 Å². The Morgan fingerprint density at radius 3 is 2.50 bits per heavy atom. The molecule has 0 bridgehead atoms. The molecule has 0 saturated heterocycles. The van der Waals surface area contributed by atoms with Gasteiger partial charge in [0.2, 0.25) is 0 Å². The second-order valence-electron chi connectivity index (χ2n) is 4.51. The van der Waals surface area contributed by atoms with E-state index in [9.17, 15) is 4.79 Å². The molecular formula is C10H20BrNO2. The van der Waals surface area contributed by atoms with Gasteiger partial charge in [0.15, 0.2) is 0 Å². The molecule has 0 amide bonds. The highest BCUT2D eigenvalue weighted by Crippen LogP contribution is 2.16. The average molecular weight is 266 g/mol. The molecule has 0 rings (SSSR count). The van der Waals surface area contributed by atoms with Crippen LogP contribution in [0, 0.1) is 5.41 Å². The van der Waals surface area contributed by atoms with Gasteiger partial charge >= 0.3 is 5.97 Å². The van der Waals surface area contributed by atoms with Crippen LogP contribution >= 0.6 is 15.9 Å². The van der Waals surface area contributed by atoms with E-state index >= 15 is 0 Å². The van der Waals surface area contributed by atoms with Crippen molar-refractivity contribution in [1.82, 2.24) is 5.32 Å². The first kappa shape index (κ1) is 13.9. The molecule has 4 heteroatoms. The molecule has 1 atom stereocenters. The number of esters is 1. The molecular weight excluding hydrogens is 246 g/mol. The number of hydrogen-bond donors (Lipinski definition) is 1. The Bertz CT molecular complexity index is 177. The number of rotatable bonds is 5. The van der Waals surface area contributed by atoms with Crippen LogP contribution in [-0.2, 0) is 9.53 Å². The van der Waals surface area contributed by atoms with Gasteiger partial charge in [-0.2, -0.15) is 0 Å². The summed E-state index contributed by atoms with van der Waals surface area (Å²) in [4.78, 5) is 10.8. The monoisotopic (exact) mass is 265 g/mol. The molecule has 1 N–H and O–H groups in total. The summed E-state index contributed by atoms with van der Waals surface area (Å²) in [5.41, 5.74) is 0.333. The van der Waals surface area contributed by atoms with Crippen LogP contribution in [0.3, 0.4) is 0 Å². The van der Waals surface area contributed by atoms with Gasteiger partial charge in [-0.3, -0.25) is 4.79 Å². The number of carbonyl (C=O) groups is 1. The summed E-state index contributed by atoms with van der Waals surface area (Å²) >= 11 is 3.25. The zero-order chi connectivity index (χ0) is 11.2. The lowest BCUT2D eigenvalue weighted by molar-refractivity contribution is -0.139. The van der Waals surface area contributed by atoms with Crippen molar-refractivity contribution in [1.29, 1.82) is 0 Å². The zero-order valence-electron chi connectivity index (χ0n) is 9.39. The topological polar surface area (TPSA) is 38.3 Å². The van der Waals surface area contributed by atoms with Gasteiger partial charge in [0.1, 0.15) is 4.83 Å². The first-order valence-corrected chi connectivity index (χ1v) is 5.71. The van der Waals surface area contributed by atoms with Gasteiger partial charge in [-0.05, 0) is 18.4 Å². The van der Waals surface area contributed by atoms with Crippen LogP contribution in [0.25, 0.3) is 0 Å². The minimum atomic E-state index is -0.243. The molecule has 0 radical (unpaired) electrons. The van der Waals surface area contributed by atoms with Crippen molar-refractivity contribution in [2.24, 2.45) is 5.41 Å². The zero-order valence-corrected chi connectivity index (χ0v) is 11.0. The second-order valence-corrected chi connectivity index (χ2v) is 5.61. The lowest BCUT2D eigenvalue weighted by atomic mass is 9.92. The van der Waals surface area contributed by atoms with Gasteiger partial charge in [-0.1, -0.05) is 36.7 Å². The molecule has 14 heavy (non-hydrogen) atoms. The normalized spacial score (nSPS) is 13.8. The number of nitrogens with one attached hydrogen (secondary N) is 1. The van der Waals surface area contributed by atoms with Crippen molar-refractivity contribution < 1.29 is 9.53 Å². The number of ether oxygens (including phenoxy) is 1. The number of alkyl halides is 1. The maximum atomic E-state index is 11.0. The molecule has 0 spiro atoms. The highest BCUT2D eigenvalue weighted by Gasteiger charge is 2.15. The summed E-state index contributed by atoms with van der Waals surface area (Å²) < 4.78 is 4.58. The van der Waals surface area contributed by atoms with Crippen LogP contribution in [0.15, 0.2) is 0 Å². The Morgan fingerprint density at radius 1 is 1.50 bits per heavy atom. The quantitative estimate of drug-likeness (QED) is 0.469. The molecule has 0 aromatic carbocycles. The van der Waals surface area contributed by atoms with Crippen molar-refractivity contribution in [3.63, 3.8) is 0 Å². The van der Waals surface area contributed by atoms with Gasteiger partial charge in [0.25, 0.3) is 0 Å². The Morgan fingerprint density at radius 2 is 2.07 bits per heavy atom. The Labute approximate surface area is 94.7 Å². The van der Waals surface area contributed by atoms with E-state index < -0.39 is 0 Å². The molecule has 1 unspecified atom stereocenters. The third kappa shape index (κ3) is 7.33. The molecule has 84 valence electrons. The fourth-order valence-corrected chi connectivity index (χ4v) is 1.32. The maximum absolute atomic E-state index is 11.0. The van der Waals surface area contributed by atoms with Crippen molar-refractivity contribution in [2.75, 3.05) is 20.2 Å². The second kappa shape index (κ2) is 6.40. The van der Waals surface area contributed by atoms with E-state index in [2.05, 4.69) is 46.8 Å². The summed E-state index contributed by atoms with van der Waals surface area (Å²) in [5.74, 6) is -0.228. The standard InChI is InChI=1S/C10H20BrNO2/c1-10(2,3)5-6-12-7-8(11)9(13)14-4/h8,12H,5-7H2,1-4H3. The smallest absolute Gasteiger partial charge is 0.320 e. The Hall–Kier alpha value is -0.0900. The van der Waals surface area contributed by atoms with Gasteiger partial charge < -0.3 is 10.1 Å². The molecule has 0 aliphatic carbocycles. The highest BCUT2D eigenvalue weighted by atomic mass is 79.9. The van der Waals surface area contributed by atoms with Crippen molar-refractivity contribution >= 4 is 21.9 Å². The molecule has 0 aliphatic heterocycles. The van der Waals surface area contributed by atoms with E-state index in [0.29, 0.717) is 12.0 Å². The lowest BCUT2D eigenvalue weighted by Gasteiger charge is -2.18. The van der Waals surface area contributed by atoms with E-state index in [0.717, 1.165) is 13.0 Å². The van der Waals surface area contributed by atoms with E-state index in [1.165, 1.54) is 7.11 Å². The minimum Gasteiger partial charge on any atom is -0.468 e. The van der Waals surface area contributed by atoms with E-state index in [4.69, 9.17) is 0 Å². The van der Waals surface area contributed by atoms with Gasteiger partial charge in [0, 0.05) is 6.54 Å². The average Bonchev–Trinajstić information content (AvgIpc) is 2.09. The Balaban J connectivity index is 3.50. The summed E-state index contributed by atoms with van der Waals surface area (Å²) in [6, 6.07) is 0. The first-order chi connectivity index (χ1) is 6.37. The van der Waals surface area contributed by atoms with Crippen LogP contribution in [0.5, 0.6) is 0 Å². The predicted octanol–water partition coefficient (Wildman–Crippen LogP) is 1.95. The molecule has 0 saturated carbocycles. The van der Waals surface area contributed by atoms with E-state index in [-0.39, 0.29) is 10.8 Å². The van der Waals surface area contributed by atoms with Crippen LogP contribution in [-0.4, -0.2) is 31.0 Å².